The van der Waals surface area contributed by atoms with E-state index in [4.69, 9.17) is 4.74 Å². The van der Waals surface area contributed by atoms with E-state index in [9.17, 15) is 0 Å². The zero-order chi connectivity index (χ0) is 13.7. The van der Waals surface area contributed by atoms with Crippen LogP contribution in [0.15, 0.2) is 36.7 Å². The topological polar surface area (TPSA) is 47.0 Å². The molecule has 0 aliphatic rings. The number of nitrogens with zero attached hydrogens (tertiary/aromatic N) is 2. The Morgan fingerprint density at radius 2 is 2.11 bits per heavy atom. The fraction of sp³-hybridized carbons (Fsp3) is 0.286. The van der Waals surface area contributed by atoms with E-state index in [1.54, 1.807) is 19.5 Å². The second-order valence-electron chi connectivity index (χ2n) is 4.00. The predicted molar refractivity (Wildman–Crippen MR) is 83.3 cm³/mol. The molecule has 1 atom stereocenters. The van der Waals surface area contributed by atoms with Crippen molar-refractivity contribution in [2.24, 2.45) is 0 Å². The second-order valence-corrected chi connectivity index (χ2v) is 5.24. The van der Waals surface area contributed by atoms with Crippen molar-refractivity contribution in [3.63, 3.8) is 0 Å². The highest BCUT2D eigenvalue weighted by Gasteiger charge is 2.19. The zero-order valence-corrected chi connectivity index (χ0v) is 13.1. The molecule has 0 radical (unpaired) electrons. The summed E-state index contributed by atoms with van der Waals surface area (Å²) in [5.41, 5.74) is 1.97. The quantitative estimate of drug-likeness (QED) is 0.824. The van der Waals surface area contributed by atoms with Gasteiger partial charge in [0.25, 0.3) is 0 Å². The molecule has 0 saturated carbocycles. The van der Waals surface area contributed by atoms with Gasteiger partial charge < -0.3 is 10.1 Å². The van der Waals surface area contributed by atoms with Crippen molar-refractivity contribution in [1.29, 1.82) is 0 Å². The Bertz CT molecular complexity index is 548. The van der Waals surface area contributed by atoms with Crippen molar-refractivity contribution in [2.75, 3.05) is 13.7 Å². The average Bonchev–Trinajstić information content (AvgIpc) is 2.45. The van der Waals surface area contributed by atoms with Crippen LogP contribution in [-0.2, 0) is 0 Å². The molecule has 0 amide bonds. The van der Waals surface area contributed by atoms with Crippen LogP contribution in [0.25, 0.3) is 0 Å². The second kappa shape index (κ2) is 6.81. The maximum Gasteiger partial charge on any atom is 0.237 e. The van der Waals surface area contributed by atoms with Crippen LogP contribution < -0.4 is 10.1 Å². The van der Waals surface area contributed by atoms with Gasteiger partial charge in [0.15, 0.2) is 0 Å². The lowest BCUT2D eigenvalue weighted by Crippen LogP contribution is -2.24. The molecule has 0 aliphatic heterocycles. The van der Waals surface area contributed by atoms with E-state index < -0.39 is 0 Å². The van der Waals surface area contributed by atoms with Crippen LogP contribution >= 0.6 is 22.6 Å². The Labute approximate surface area is 126 Å². The third kappa shape index (κ3) is 3.42. The largest absolute Gasteiger partial charge is 0.480 e. The Kier molecular flexibility index (Phi) is 5.09. The molecule has 0 bridgehead atoms. The van der Waals surface area contributed by atoms with Gasteiger partial charge in [0.2, 0.25) is 5.88 Å². The minimum Gasteiger partial charge on any atom is -0.480 e. The van der Waals surface area contributed by atoms with Gasteiger partial charge in [-0.15, -0.1) is 0 Å². The first kappa shape index (κ1) is 14.2. The number of rotatable bonds is 5. The number of hydrogen-bond acceptors (Lipinski definition) is 4. The monoisotopic (exact) mass is 369 g/mol. The van der Waals surface area contributed by atoms with Gasteiger partial charge in [-0.05, 0) is 46.8 Å². The van der Waals surface area contributed by atoms with Gasteiger partial charge in [-0.1, -0.05) is 19.1 Å². The third-order valence-corrected chi connectivity index (χ3v) is 3.42. The molecule has 0 fully saturated rings. The zero-order valence-electron chi connectivity index (χ0n) is 10.9. The summed E-state index contributed by atoms with van der Waals surface area (Å²) in [5, 5.41) is 3.43. The first-order chi connectivity index (χ1) is 9.26. The lowest BCUT2D eigenvalue weighted by Gasteiger charge is -2.19. The number of methoxy groups -OCH3 is 1. The molecule has 2 rings (SSSR count). The summed E-state index contributed by atoms with van der Waals surface area (Å²) in [6, 6.07) is 8.33. The third-order valence-electron chi connectivity index (χ3n) is 2.75. The van der Waals surface area contributed by atoms with Crippen LogP contribution in [0.5, 0.6) is 5.88 Å². The lowest BCUT2D eigenvalue weighted by molar-refractivity contribution is 0.383. The van der Waals surface area contributed by atoms with Crippen LogP contribution in [0.3, 0.4) is 0 Å². The standard InChI is InChI=1S/C14H16IN3O/c1-3-16-12(10-5-4-6-11(15)9-10)13-14(19-2)18-8-7-17-13/h4-9,12,16H,3H2,1-2H3. The fourth-order valence-corrected chi connectivity index (χ4v) is 2.52. The Morgan fingerprint density at radius 3 is 2.79 bits per heavy atom. The number of hydrogen-bond donors (Lipinski definition) is 1. The lowest BCUT2D eigenvalue weighted by atomic mass is 10.0. The number of nitrogens with one attached hydrogen (secondary N) is 1. The van der Waals surface area contributed by atoms with Crippen LogP contribution in [0, 0.1) is 3.57 Å². The molecule has 1 unspecified atom stereocenters. The smallest absolute Gasteiger partial charge is 0.237 e. The summed E-state index contributed by atoms with van der Waals surface area (Å²) in [6.45, 7) is 2.92. The molecule has 100 valence electrons. The van der Waals surface area contributed by atoms with E-state index >= 15 is 0 Å². The van der Waals surface area contributed by atoms with E-state index in [1.165, 1.54) is 3.57 Å². The van der Waals surface area contributed by atoms with Crippen LogP contribution in [-0.4, -0.2) is 23.6 Å². The van der Waals surface area contributed by atoms with Gasteiger partial charge in [-0.2, -0.15) is 0 Å². The van der Waals surface area contributed by atoms with Gasteiger partial charge in [-0.3, -0.25) is 4.98 Å². The molecule has 2 aromatic rings. The highest BCUT2D eigenvalue weighted by atomic mass is 127. The SMILES string of the molecule is CCNC(c1cccc(I)c1)c1nccnc1OC. The highest BCUT2D eigenvalue weighted by molar-refractivity contribution is 14.1. The number of ether oxygens (including phenoxy) is 1. The van der Waals surface area contributed by atoms with Crippen molar-refractivity contribution >= 4 is 22.6 Å². The molecular weight excluding hydrogens is 353 g/mol. The fourth-order valence-electron chi connectivity index (χ4n) is 1.95. The average molecular weight is 369 g/mol. The number of aromatic nitrogens is 2. The normalized spacial score (nSPS) is 12.2. The van der Waals surface area contributed by atoms with Crippen LogP contribution in [0.1, 0.15) is 24.2 Å². The van der Waals surface area contributed by atoms with Crippen molar-refractivity contribution in [1.82, 2.24) is 15.3 Å². The summed E-state index contributed by atoms with van der Waals surface area (Å²) >= 11 is 2.31. The van der Waals surface area contributed by atoms with Gasteiger partial charge >= 0.3 is 0 Å². The van der Waals surface area contributed by atoms with Crippen molar-refractivity contribution in [2.45, 2.75) is 13.0 Å². The minimum absolute atomic E-state index is 0.0108. The van der Waals surface area contributed by atoms with E-state index in [2.05, 4.69) is 63.0 Å². The first-order valence-electron chi connectivity index (χ1n) is 6.10. The summed E-state index contributed by atoms with van der Waals surface area (Å²) in [7, 11) is 1.62. The van der Waals surface area contributed by atoms with E-state index in [0.717, 1.165) is 17.8 Å². The molecule has 4 nitrogen and oxygen atoms in total. The van der Waals surface area contributed by atoms with Crippen LogP contribution in [0.4, 0.5) is 0 Å². The van der Waals surface area contributed by atoms with E-state index in [1.807, 2.05) is 6.07 Å². The molecule has 19 heavy (non-hydrogen) atoms. The summed E-state index contributed by atoms with van der Waals surface area (Å²) in [6.07, 6.45) is 3.33. The predicted octanol–water partition coefficient (Wildman–Crippen LogP) is 2.79. The summed E-state index contributed by atoms with van der Waals surface area (Å²) in [5.74, 6) is 0.562. The van der Waals surface area contributed by atoms with Gasteiger partial charge in [0.1, 0.15) is 5.69 Å². The van der Waals surface area contributed by atoms with Gasteiger partial charge in [0, 0.05) is 16.0 Å². The minimum atomic E-state index is -0.0108. The van der Waals surface area contributed by atoms with Crippen molar-refractivity contribution in [3.05, 3.63) is 51.5 Å². The summed E-state index contributed by atoms with van der Waals surface area (Å²) < 4.78 is 6.50. The van der Waals surface area contributed by atoms with Crippen molar-refractivity contribution < 1.29 is 4.74 Å². The molecule has 0 saturated heterocycles. The van der Waals surface area contributed by atoms with Gasteiger partial charge in [0.05, 0.1) is 13.2 Å². The van der Waals surface area contributed by atoms with Crippen molar-refractivity contribution in [3.8, 4) is 5.88 Å². The molecular formula is C14H16IN3O. The highest BCUT2D eigenvalue weighted by Crippen LogP contribution is 2.27. The summed E-state index contributed by atoms with van der Waals surface area (Å²) in [4.78, 5) is 8.64. The molecule has 1 N–H and O–H groups in total. The van der Waals surface area contributed by atoms with E-state index in [0.29, 0.717) is 5.88 Å². The Morgan fingerprint density at radius 1 is 1.32 bits per heavy atom. The molecule has 1 heterocycles. The maximum absolute atomic E-state index is 5.31. The first-order valence-corrected chi connectivity index (χ1v) is 7.18. The van der Waals surface area contributed by atoms with Crippen LogP contribution in [0.2, 0.25) is 0 Å². The van der Waals surface area contributed by atoms with Gasteiger partial charge in [-0.25, -0.2) is 4.98 Å². The molecule has 1 aromatic carbocycles. The molecule has 5 heteroatoms. The molecule has 0 aliphatic carbocycles. The molecule has 1 aromatic heterocycles. The van der Waals surface area contributed by atoms with E-state index in [-0.39, 0.29) is 6.04 Å². The Balaban J connectivity index is 2.45. The Hall–Kier alpha value is -1.21. The maximum atomic E-state index is 5.31. The number of halogens is 1. The molecule has 0 spiro atoms. The number of benzene rings is 1.